The summed E-state index contributed by atoms with van der Waals surface area (Å²) in [5.41, 5.74) is -0.525. The molecule has 0 saturated carbocycles. The highest BCUT2D eigenvalue weighted by molar-refractivity contribution is 5.87. The summed E-state index contributed by atoms with van der Waals surface area (Å²) < 4.78 is 14.1. The van der Waals surface area contributed by atoms with Crippen LogP contribution in [0.3, 0.4) is 0 Å². The van der Waals surface area contributed by atoms with E-state index in [4.69, 9.17) is 0 Å². The van der Waals surface area contributed by atoms with Gasteiger partial charge in [-0.15, -0.1) is 0 Å². The first-order valence-corrected chi connectivity index (χ1v) is 8.56. The molecular formula is C19H23FN4O. The third-order valence-corrected chi connectivity index (χ3v) is 4.71. The molecule has 0 radical (unpaired) electrons. The molecule has 1 amide bonds. The molecule has 1 aromatic heterocycles. The monoisotopic (exact) mass is 342 g/mol. The normalized spacial score (nSPS) is 18.0. The molecule has 1 atom stereocenters. The molecule has 1 fully saturated rings. The Kier molecular flexibility index (Phi) is 4.97. The minimum absolute atomic E-state index is 0.00361. The van der Waals surface area contributed by atoms with Crippen molar-refractivity contribution >= 4 is 11.9 Å². The van der Waals surface area contributed by atoms with Crippen LogP contribution in [0, 0.1) is 5.82 Å². The van der Waals surface area contributed by atoms with Gasteiger partial charge in [0.25, 0.3) is 0 Å². The number of rotatable bonds is 4. The second kappa shape index (κ2) is 7.17. The van der Waals surface area contributed by atoms with E-state index in [2.05, 4.69) is 20.2 Å². The van der Waals surface area contributed by atoms with Crippen LogP contribution < -0.4 is 10.2 Å². The highest BCUT2D eigenvalue weighted by atomic mass is 19.1. The largest absolute Gasteiger partial charge is 0.351 e. The summed E-state index contributed by atoms with van der Waals surface area (Å²) in [7, 11) is 0. The summed E-state index contributed by atoms with van der Waals surface area (Å²) in [6.45, 7) is 5.03. The van der Waals surface area contributed by atoms with Gasteiger partial charge in [0.1, 0.15) is 5.82 Å². The number of benzene rings is 1. The fourth-order valence-electron chi connectivity index (χ4n) is 3.19. The van der Waals surface area contributed by atoms with Crippen LogP contribution in [0.15, 0.2) is 42.7 Å². The van der Waals surface area contributed by atoms with E-state index in [0.29, 0.717) is 18.1 Å². The Balaban J connectivity index is 1.69. The van der Waals surface area contributed by atoms with Gasteiger partial charge in [0.2, 0.25) is 11.9 Å². The average Bonchev–Trinajstić information content (AvgIpc) is 2.63. The van der Waals surface area contributed by atoms with Crippen molar-refractivity contribution in [1.29, 1.82) is 0 Å². The van der Waals surface area contributed by atoms with Crippen LogP contribution in [0.4, 0.5) is 10.3 Å². The number of hydrogen-bond acceptors (Lipinski definition) is 4. The first kappa shape index (κ1) is 17.3. The molecule has 2 aromatic rings. The van der Waals surface area contributed by atoms with Gasteiger partial charge in [-0.05, 0) is 38.8 Å². The number of hydrogen-bond donors (Lipinski definition) is 1. The van der Waals surface area contributed by atoms with Gasteiger partial charge in [-0.1, -0.05) is 18.2 Å². The van der Waals surface area contributed by atoms with Crippen LogP contribution in [0.2, 0.25) is 0 Å². The van der Waals surface area contributed by atoms with Crippen LogP contribution in [0.5, 0.6) is 0 Å². The first-order chi connectivity index (χ1) is 12.0. The Hall–Kier alpha value is -2.50. The van der Waals surface area contributed by atoms with Crippen LogP contribution in [0.25, 0.3) is 0 Å². The van der Waals surface area contributed by atoms with E-state index in [1.165, 1.54) is 6.07 Å². The van der Waals surface area contributed by atoms with Crippen molar-refractivity contribution in [2.75, 3.05) is 18.0 Å². The van der Waals surface area contributed by atoms with Crippen LogP contribution in [-0.2, 0) is 10.2 Å². The van der Waals surface area contributed by atoms with Gasteiger partial charge in [0.05, 0.1) is 5.41 Å². The molecule has 25 heavy (non-hydrogen) atoms. The molecule has 0 spiro atoms. The van der Waals surface area contributed by atoms with E-state index in [0.717, 1.165) is 19.4 Å². The van der Waals surface area contributed by atoms with Crippen molar-refractivity contribution in [3.8, 4) is 0 Å². The lowest BCUT2D eigenvalue weighted by molar-refractivity contribution is -0.126. The third kappa shape index (κ3) is 3.78. The number of piperidine rings is 1. The lowest BCUT2D eigenvalue weighted by atomic mass is 9.83. The number of halogens is 1. The second-order valence-corrected chi connectivity index (χ2v) is 6.91. The number of nitrogens with zero attached hydrogens (tertiary/aromatic N) is 3. The summed E-state index contributed by atoms with van der Waals surface area (Å²) in [6, 6.07) is 8.22. The van der Waals surface area contributed by atoms with E-state index >= 15 is 0 Å². The molecule has 0 unspecified atom stereocenters. The van der Waals surface area contributed by atoms with E-state index in [9.17, 15) is 9.18 Å². The van der Waals surface area contributed by atoms with Gasteiger partial charge in [0.15, 0.2) is 0 Å². The highest BCUT2D eigenvalue weighted by Gasteiger charge is 2.34. The number of anilines is 1. The Morgan fingerprint density at radius 2 is 1.96 bits per heavy atom. The molecule has 1 aliphatic rings. The number of carbonyl (C=O) groups excluding carboxylic acids is 1. The number of carbonyl (C=O) groups is 1. The molecule has 0 aliphatic carbocycles. The minimum Gasteiger partial charge on any atom is -0.351 e. The Labute approximate surface area is 147 Å². The number of nitrogens with one attached hydrogen (secondary N) is 1. The van der Waals surface area contributed by atoms with Gasteiger partial charge in [-0.3, -0.25) is 4.79 Å². The van der Waals surface area contributed by atoms with E-state index < -0.39 is 5.41 Å². The molecular weight excluding hydrogens is 319 g/mol. The van der Waals surface area contributed by atoms with Gasteiger partial charge in [-0.25, -0.2) is 14.4 Å². The summed E-state index contributed by atoms with van der Waals surface area (Å²) in [5.74, 6) is 0.152. The first-order valence-electron chi connectivity index (χ1n) is 8.56. The molecule has 2 heterocycles. The summed E-state index contributed by atoms with van der Waals surface area (Å²) in [4.78, 5) is 23.4. The van der Waals surface area contributed by atoms with Crippen molar-refractivity contribution in [1.82, 2.24) is 15.3 Å². The number of amides is 1. The lowest BCUT2D eigenvalue weighted by Crippen LogP contribution is -2.52. The highest BCUT2D eigenvalue weighted by Crippen LogP contribution is 2.26. The quantitative estimate of drug-likeness (QED) is 0.928. The van der Waals surface area contributed by atoms with Crippen molar-refractivity contribution < 1.29 is 9.18 Å². The maximum absolute atomic E-state index is 14.1. The zero-order valence-corrected chi connectivity index (χ0v) is 14.6. The van der Waals surface area contributed by atoms with Gasteiger partial charge in [-0.2, -0.15) is 0 Å². The summed E-state index contributed by atoms with van der Waals surface area (Å²) >= 11 is 0. The lowest BCUT2D eigenvalue weighted by Gasteiger charge is -2.35. The second-order valence-electron chi connectivity index (χ2n) is 6.91. The predicted molar refractivity (Wildman–Crippen MR) is 94.8 cm³/mol. The standard InChI is InChI=1S/C19H23FN4O/c1-19(2,15-8-3-4-9-16(15)20)17(25)23-14-7-5-12-24(13-14)18-21-10-6-11-22-18/h3-4,6,8-11,14H,5,7,12-13H2,1-2H3,(H,23,25)/t14-/m1/s1. The summed E-state index contributed by atoms with van der Waals surface area (Å²) in [5, 5.41) is 3.08. The molecule has 1 N–H and O–H groups in total. The maximum Gasteiger partial charge on any atom is 0.230 e. The Bertz CT molecular complexity index is 735. The average molecular weight is 342 g/mol. The third-order valence-electron chi connectivity index (χ3n) is 4.71. The van der Waals surface area contributed by atoms with Gasteiger partial charge in [0, 0.05) is 37.1 Å². The molecule has 132 valence electrons. The zero-order chi connectivity index (χ0) is 17.9. The molecule has 0 bridgehead atoms. The smallest absolute Gasteiger partial charge is 0.230 e. The van der Waals surface area contributed by atoms with Crippen LogP contribution >= 0.6 is 0 Å². The molecule has 1 aromatic carbocycles. The SMILES string of the molecule is CC(C)(C(=O)N[C@@H]1CCCN(c2ncccn2)C1)c1ccccc1F. The van der Waals surface area contributed by atoms with E-state index in [1.807, 2.05) is 0 Å². The zero-order valence-electron chi connectivity index (χ0n) is 14.6. The predicted octanol–water partition coefficient (Wildman–Crippen LogP) is 2.68. The summed E-state index contributed by atoms with van der Waals surface area (Å²) in [6.07, 6.45) is 5.27. The molecule has 3 rings (SSSR count). The topological polar surface area (TPSA) is 58.1 Å². The fraction of sp³-hybridized carbons (Fsp3) is 0.421. The van der Waals surface area contributed by atoms with Crippen LogP contribution in [0.1, 0.15) is 32.3 Å². The minimum atomic E-state index is -0.934. The number of aromatic nitrogens is 2. The van der Waals surface area contributed by atoms with Crippen molar-refractivity contribution in [3.05, 3.63) is 54.1 Å². The van der Waals surface area contributed by atoms with Crippen molar-refractivity contribution in [3.63, 3.8) is 0 Å². The van der Waals surface area contributed by atoms with Crippen molar-refractivity contribution in [2.24, 2.45) is 0 Å². The van der Waals surface area contributed by atoms with Gasteiger partial charge < -0.3 is 10.2 Å². The maximum atomic E-state index is 14.1. The molecule has 1 saturated heterocycles. The van der Waals surface area contributed by atoms with Crippen LogP contribution in [-0.4, -0.2) is 35.0 Å². The van der Waals surface area contributed by atoms with E-state index in [-0.39, 0.29) is 17.8 Å². The molecule has 6 heteroatoms. The molecule has 5 nitrogen and oxygen atoms in total. The van der Waals surface area contributed by atoms with Crippen molar-refractivity contribution in [2.45, 2.75) is 38.1 Å². The molecule has 1 aliphatic heterocycles. The van der Waals surface area contributed by atoms with Gasteiger partial charge >= 0.3 is 0 Å². The Morgan fingerprint density at radius 1 is 1.24 bits per heavy atom. The Morgan fingerprint density at radius 3 is 2.68 bits per heavy atom. The van der Waals surface area contributed by atoms with E-state index in [1.54, 1.807) is 50.5 Å². The fourth-order valence-corrected chi connectivity index (χ4v) is 3.19.